The first-order valence-corrected chi connectivity index (χ1v) is 11.8. The standard InChI is InChI=1S/C28H31N3O5/c1-35-27(33)23-16-15-22(18-24(23)21-12-6-3-7-13-21)30-26(32)25(14-8-9-17-29)31-28(34)36-19-20-10-4-2-5-11-20/h2-7,10-13,15-16,18,25H,8-9,14,17,19,29H2,1H3,(H,30,32)(H,31,34)/t25-/m0/s1. The number of alkyl carbamates (subject to hydrolysis) is 1. The molecule has 8 heteroatoms. The van der Waals surface area contributed by atoms with Crippen LogP contribution in [0, 0.1) is 0 Å². The number of carbonyl (C=O) groups is 3. The molecule has 1 atom stereocenters. The highest BCUT2D eigenvalue weighted by Crippen LogP contribution is 2.28. The zero-order valence-corrected chi connectivity index (χ0v) is 20.2. The maximum absolute atomic E-state index is 13.1. The second-order valence-electron chi connectivity index (χ2n) is 8.15. The van der Waals surface area contributed by atoms with Gasteiger partial charge >= 0.3 is 12.1 Å². The average Bonchev–Trinajstić information content (AvgIpc) is 2.92. The van der Waals surface area contributed by atoms with E-state index in [9.17, 15) is 14.4 Å². The highest BCUT2D eigenvalue weighted by atomic mass is 16.5. The molecule has 8 nitrogen and oxygen atoms in total. The topological polar surface area (TPSA) is 120 Å². The van der Waals surface area contributed by atoms with Gasteiger partial charge in [0.15, 0.2) is 0 Å². The molecule has 188 valence electrons. The number of benzene rings is 3. The molecule has 3 aromatic rings. The summed E-state index contributed by atoms with van der Waals surface area (Å²) in [6, 6.07) is 22.7. The molecule has 36 heavy (non-hydrogen) atoms. The molecule has 0 saturated heterocycles. The number of unbranched alkanes of at least 4 members (excludes halogenated alkanes) is 1. The summed E-state index contributed by atoms with van der Waals surface area (Å²) in [6.07, 6.45) is 1.09. The van der Waals surface area contributed by atoms with E-state index in [2.05, 4.69) is 10.6 Å². The number of nitrogens with two attached hydrogens (primary N) is 1. The Morgan fingerprint density at radius 2 is 1.61 bits per heavy atom. The smallest absolute Gasteiger partial charge is 0.408 e. The van der Waals surface area contributed by atoms with Gasteiger partial charge in [0, 0.05) is 5.69 Å². The van der Waals surface area contributed by atoms with E-state index in [1.165, 1.54) is 7.11 Å². The zero-order chi connectivity index (χ0) is 25.8. The molecule has 0 aliphatic heterocycles. The van der Waals surface area contributed by atoms with Crippen molar-refractivity contribution in [3.05, 3.63) is 90.0 Å². The van der Waals surface area contributed by atoms with E-state index < -0.39 is 24.0 Å². The Hall–Kier alpha value is -4.17. The first kappa shape index (κ1) is 26.4. The number of hydrogen-bond donors (Lipinski definition) is 3. The van der Waals surface area contributed by atoms with Crippen molar-refractivity contribution < 1.29 is 23.9 Å². The van der Waals surface area contributed by atoms with Gasteiger partial charge in [0.2, 0.25) is 5.91 Å². The van der Waals surface area contributed by atoms with E-state index in [1.54, 1.807) is 18.2 Å². The minimum Gasteiger partial charge on any atom is -0.465 e. The van der Waals surface area contributed by atoms with Gasteiger partial charge in [-0.2, -0.15) is 0 Å². The highest BCUT2D eigenvalue weighted by molar-refractivity contribution is 6.01. The molecule has 0 aromatic heterocycles. The molecule has 2 amide bonds. The third-order valence-electron chi connectivity index (χ3n) is 5.55. The van der Waals surface area contributed by atoms with E-state index in [1.807, 2.05) is 60.7 Å². The average molecular weight is 490 g/mol. The van der Waals surface area contributed by atoms with Gasteiger partial charge in [-0.25, -0.2) is 9.59 Å². The molecule has 4 N–H and O–H groups in total. The number of rotatable bonds is 11. The van der Waals surface area contributed by atoms with Crippen molar-refractivity contribution in [3.8, 4) is 11.1 Å². The van der Waals surface area contributed by atoms with Crippen LogP contribution in [0.3, 0.4) is 0 Å². The Morgan fingerprint density at radius 1 is 0.917 bits per heavy atom. The molecular weight excluding hydrogens is 458 g/mol. The maximum atomic E-state index is 13.1. The lowest BCUT2D eigenvalue weighted by Crippen LogP contribution is -2.44. The van der Waals surface area contributed by atoms with Crippen LogP contribution in [-0.2, 0) is 20.9 Å². The summed E-state index contributed by atoms with van der Waals surface area (Å²) >= 11 is 0. The van der Waals surface area contributed by atoms with Crippen LogP contribution in [0.5, 0.6) is 0 Å². The van der Waals surface area contributed by atoms with Crippen LogP contribution in [0.1, 0.15) is 35.2 Å². The number of carbonyl (C=O) groups excluding carboxylic acids is 3. The summed E-state index contributed by atoms with van der Waals surface area (Å²) in [6.45, 7) is 0.585. The van der Waals surface area contributed by atoms with Gasteiger partial charge in [-0.3, -0.25) is 4.79 Å². The van der Waals surface area contributed by atoms with E-state index in [4.69, 9.17) is 15.2 Å². The lowest BCUT2D eigenvalue weighted by molar-refractivity contribution is -0.118. The Kier molecular flexibility index (Phi) is 10.0. The number of methoxy groups -OCH3 is 1. The van der Waals surface area contributed by atoms with Crippen molar-refractivity contribution in [1.29, 1.82) is 0 Å². The number of hydrogen-bond acceptors (Lipinski definition) is 6. The highest BCUT2D eigenvalue weighted by Gasteiger charge is 2.22. The molecule has 0 aliphatic carbocycles. The number of amides is 2. The van der Waals surface area contributed by atoms with Crippen LogP contribution in [0.2, 0.25) is 0 Å². The number of esters is 1. The van der Waals surface area contributed by atoms with E-state index in [0.717, 1.165) is 17.5 Å². The van der Waals surface area contributed by atoms with Gasteiger partial charge in [-0.05, 0) is 60.7 Å². The second kappa shape index (κ2) is 13.7. The Balaban J connectivity index is 1.74. The van der Waals surface area contributed by atoms with Crippen LogP contribution in [0.4, 0.5) is 10.5 Å². The largest absolute Gasteiger partial charge is 0.465 e. The fraction of sp³-hybridized carbons (Fsp3) is 0.250. The first-order valence-electron chi connectivity index (χ1n) is 11.8. The normalized spacial score (nSPS) is 11.3. The second-order valence-corrected chi connectivity index (χ2v) is 8.15. The van der Waals surface area contributed by atoms with Gasteiger partial charge in [-0.1, -0.05) is 60.7 Å². The SMILES string of the molecule is COC(=O)c1ccc(NC(=O)[C@H](CCCCN)NC(=O)OCc2ccccc2)cc1-c1ccccc1. The summed E-state index contributed by atoms with van der Waals surface area (Å²) in [4.78, 5) is 37.9. The van der Waals surface area contributed by atoms with Crippen molar-refractivity contribution in [2.75, 3.05) is 19.0 Å². The van der Waals surface area contributed by atoms with Crippen molar-refractivity contribution in [2.45, 2.75) is 31.9 Å². The molecule has 0 bridgehead atoms. The lowest BCUT2D eigenvalue weighted by Gasteiger charge is -2.19. The van der Waals surface area contributed by atoms with Crippen LogP contribution in [0.15, 0.2) is 78.9 Å². The Labute approximate surface area is 210 Å². The van der Waals surface area contributed by atoms with Crippen molar-refractivity contribution >= 4 is 23.7 Å². The van der Waals surface area contributed by atoms with E-state index >= 15 is 0 Å². The van der Waals surface area contributed by atoms with Gasteiger partial charge in [0.1, 0.15) is 12.6 Å². The molecule has 3 rings (SSSR count). The van der Waals surface area contributed by atoms with Crippen molar-refractivity contribution in [3.63, 3.8) is 0 Å². The summed E-state index contributed by atoms with van der Waals surface area (Å²) in [5.74, 6) is -0.872. The van der Waals surface area contributed by atoms with Gasteiger partial charge in [0.25, 0.3) is 0 Å². The monoisotopic (exact) mass is 489 g/mol. The fourth-order valence-electron chi connectivity index (χ4n) is 3.66. The third kappa shape index (κ3) is 7.68. The quantitative estimate of drug-likeness (QED) is 0.269. The number of ether oxygens (including phenoxy) is 2. The lowest BCUT2D eigenvalue weighted by atomic mass is 9.98. The van der Waals surface area contributed by atoms with Gasteiger partial charge < -0.3 is 25.8 Å². The summed E-state index contributed by atoms with van der Waals surface area (Å²) in [7, 11) is 1.32. The van der Waals surface area contributed by atoms with Gasteiger partial charge in [-0.15, -0.1) is 0 Å². The van der Waals surface area contributed by atoms with Crippen molar-refractivity contribution in [1.82, 2.24) is 5.32 Å². The first-order chi connectivity index (χ1) is 17.5. The van der Waals surface area contributed by atoms with Crippen molar-refractivity contribution in [2.24, 2.45) is 5.73 Å². The number of nitrogens with one attached hydrogen (secondary N) is 2. The Morgan fingerprint density at radius 3 is 2.28 bits per heavy atom. The minimum atomic E-state index is -0.819. The van der Waals surface area contributed by atoms with E-state index in [-0.39, 0.29) is 6.61 Å². The molecule has 0 unspecified atom stereocenters. The zero-order valence-electron chi connectivity index (χ0n) is 20.2. The van der Waals surface area contributed by atoms with Crippen LogP contribution in [-0.4, -0.2) is 37.7 Å². The molecular formula is C28H31N3O5. The molecule has 0 aliphatic rings. The Bertz CT molecular complexity index is 1150. The molecule has 3 aromatic carbocycles. The summed E-state index contributed by atoms with van der Waals surface area (Å²) < 4.78 is 10.2. The summed E-state index contributed by atoms with van der Waals surface area (Å²) in [5, 5.41) is 5.51. The predicted octanol–water partition coefficient (Wildman–Crippen LogP) is 4.50. The third-order valence-corrected chi connectivity index (χ3v) is 5.55. The summed E-state index contributed by atoms with van der Waals surface area (Å²) in [5.41, 5.74) is 8.73. The molecule has 0 heterocycles. The molecule has 0 radical (unpaired) electrons. The minimum absolute atomic E-state index is 0.0965. The fourth-order valence-corrected chi connectivity index (χ4v) is 3.66. The predicted molar refractivity (Wildman–Crippen MR) is 138 cm³/mol. The van der Waals surface area contributed by atoms with E-state index in [0.29, 0.717) is 36.2 Å². The van der Waals surface area contributed by atoms with Crippen LogP contribution >= 0.6 is 0 Å². The molecule has 0 saturated carbocycles. The molecule has 0 spiro atoms. The van der Waals surface area contributed by atoms with Crippen LogP contribution in [0.25, 0.3) is 11.1 Å². The maximum Gasteiger partial charge on any atom is 0.408 e. The van der Waals surface area contributed by atoms with Gasteiger partial charge in [0.05, 0.1) is 12.7 Å². The number of anilines is 1. The molecule has 0 fully saturated rings. The van der Waals surface area contributed by atoms with Crippen LogP contribution < -0.4 is 16.4 Å².